The van der Waals surface area contributed by atoms with Crippen molar-refractivity contribution in [3.8, 4) is 5.69 Å². The largest absolute Gasteiger partial charge is 0.371 e. The van der Waals surface area contributed by atoms with Crippen LogP contribution in [-0.2, 0) is 0 Å². The van der Waals surface area contributed by atoms with Gasteiger partial charge in [-0.2, -0.15) is 0 Å². The zero-order valence-corrected chi connectivity index (χ0v) is 13.9. The molecule has 2 aliphatic heterocycles. The Morgan fingerprint density at radius 1 is 1.00 bits per heavy atom. The molecule has 0 radical (unpaired) electrons. The van der Waals surface area contributed by atoms with Crippen molar-refractivity contribution in [2.24, 2.45) is 0 Å². The molecule has 2 aliphatic rings. The number of benzene rings is 1. The number of anilines is 2. The van der Waals surface area contributed by atoms with Gasteiger partial charge >= 0.3 is 0 Å². The lowest BCUT2D eigenvalue weighted by atomic mass is 10.1. The Morgan fingerprint density at radius 2 is 1.81 bits per heavy atom. The van der Waals surface area contributed by atoms with Crippen LogP contribution in [0.25, 0.3) is 16.7 Å². The first-order valence-electron chi connectivity index (χ1n) is 8.52. The van der Waals surface area contributed by atoms with Gasteiger partial charge < -0.3 is 9.80 Å². The van der Waals surface area contributed by atoms with Gasteiger partial charge in [-0.15, -0.1) is 5.10 Å². The van der Waals surface area contributed by atoms with E-state index in [2.05, 4.69) is 15.0 Å². The molecule has 3 aromatic rings. The van der Waals surface area contributed by atoms with E-state index in [4.69, 9.17) is 0 Å². The quantitative estimate of drug-likeness (QED) is 0.720. The summed E-state index contributed by atoms with van der Waals surface area (Å²) in [5, 5.41) is 5.03. The maximum absolute atomic E-state index is 14.3. The topological polar surface area (TPSA) is 37.2 Å². The third-order valence-corrected chi connectivity index (χ3v) is 4.95. The number of aromatic nitrogens is 3. The lowest BCUT2D eigenvalue weighted by molar-refractivity contribution is -0.0262. The molecule has 26 heavy (non-hydrogen) atoms. The zero-order chi connectivity index (χ0) is 17.9. The Labute approximate surface area is 147 Å². The van der Waals surface area contributed by atoms with E-state index in [1.54, 1.807) is 29.3 Å². The summed E-state index contributed by atoms with van der Waals surface area (Å²) in [5.41, 5.74) is 2.39. The number of pyridine rings is 1. The molecule has 0 spiro atoms. The zero-order valence-electron chi connectivity index (χ0n) is 13.9. The minimum atomic E-state index is -2.64. The molecule has 5 nitrogen and oxygen atoms in total. The molecule has 134 valence electrons. The second-order valence-electron chi connectivity index (χ2n) is 6.87. The number of rotatable bonds is 3. The molecule has 0 unspecified atom stereocenters. The molecule has 1 aromatic carbocycles. The van der Waals surface area contributed by atoms with Crippen molar-refractivity contribution in [3.05, 3.63) is 42.5 Å². The van der Waals surface area contributed by atoms with E-state index in [0.29, 0.717) is 22.4 Å². The minimum Gasteiger partial charge on any atom is -0.371 e. The maximum Gasteiger partial charge on any atom is 0.282 e. The van der Waals surface area contributed by atoms with Crippen LogP contribution in [0.15, 0.2) is 36.7 Å². The Morgan fingerprint density at radius 3 is 2.50 bits per heavy atom. The molecule has 2 saturated heterocycles. The highest BCUT2D eigenvalue weighted by Crippen LogP contribution is 2.33. The van der Waals surface area contributed by atoms with E-state index in [9.17, 15) is 13.2 Å². The van der Waals surface area contributed by atoms with Gasteiger partial charge in [0.15, 0.2) is 5.65 Å². The standard InChI is InChI=1S/C18H16F3N5/c19-15-3-2-13(24-4-1-5-24)7-16(15)26-9-12-6-14(8-22-17(12)23-26)25-10-18(20,21)11-25/h2-3,6-9H,1,4-5,10-11H2. The fourth-order valence-corrected chi connectivity index (χ4v) is 3.34. The maximum atomic E-state index is 14.3. The first-order valence-corrected chi connectivity index (χ1v) is 8.52. The second kappa shape index (κ2) is 5.36. The third kappa shape index (κ3) is 2.48. The molecule has 2 fully saturated rings. The smallest absolute Gasteiger partial charge is 0.282 e. The average Bonchev–Trinajstić information content (AvgIpc) is 2.95. The molecule has 0 atom stereocenters. The van der Waals surface area contributed by atoms with Crippen LogP contribution in [-0.4, -0.2) is 46.9 Å². The lowest BCUT2D eigenvalue weighted by Crippen LogP contribution is -2.56. The van der Waals surface area contributed by atoms with Crippen molar-refractivity contribution in [2.75, 3.05) is 36.0 Å². The molecule has 0 aliphatic carbocycles. The van der Waals surface area contributed by atoms with E-state index in [-0.39, 0.29) is 18.9 Å². The number of hydrogen-bond acceptors (Lipinski definition) is 4. The summed E-state index contributed by atoms with van der Waals surface area (Å²) in [6.45, 7) is 1.33. The van der Waals surface area contributed by atoms with Crippen LogP contribution < -0.4 is 9.80 Å². The lowest BCUT2D eigenvalue weighted by Gasteiger charge is -2.40. The first kappa shape index (κ1) is 15.5. The van der Waals surface area contributed by atoms with Gasteiger partial charge in [0, 0.05) is 30.4 Å². The summed E-state index contributed by atoms with van der Waals surface area (Å²) in [6.07, 6.45) is 4.35. The molecular formula is C18H16F3N5. The van der Waals surface area contributed by atoms with Gasteiger partial charge in [-0.05, 0) is 30.7 Å². The van der Waals surface area contributed by atoms with Gasteiger partial charge in [-0.3, -0.25) is 0 Å². The molecule has 0 saturated carbocycles. The van der Waals surface area contributed by atoms with E-state index in [0.717, 1.165) is 25.2 Å². The van der Waals surface area contributed by atoms with E-state index >= 15 is 0 Å². The summed E-state index contributed by atoms with van der Waals surface area (Å²) in [5.74, 6) is -3.01. The van der Waals surface area contributed by atoms with Crippen LogP contribution in [0, 0.1) is 5.82 Å². The monoisotopic (exact) mass is 359 g/mol. The SMILES string of the molecule is Fc1ccc(N2CCC2)cc1-n1cc2cc(N3CC(F)(F)C3)cnc2n1. The molecule has 0 amide bonds. The van der Waals surface area contributed by atoms with Gasteiger partial charge in [0.1, 0.15) is 11.5 Å². The molecule has 0 N–H and O–H groups in total. The molecule has 0 bridgehead atoms. The van der Waals surface area contributed by atoms with E-state index in [1.165, 1.54) is 16.9 Å². The van der Waals surface area contributed by atoms with Crippen LogP contribution >= 0.6 is 0 Å². The van der Waals surface area contributed by atoms with E-state index in [1.807, 2.05) is 0 Å². The molecule has 5 rings (SSSR count). The second-order valence-corrected chi connectivity index (χ2v) is 6.87. The van der Waals surface area contributed by atoms with Crippen molar-refractivity contribution < 1.29 is 13.2 Å². The van der Waals surface area contributed by atoms with Crippen molar-refractivity contribution in [2.45, 2.75) is 12.3 Å². The average molecular weight is 359 g/mol. The molecular weight excluding hydrogens is 343 g/mol. The summed E-state index contributed by atoms with van der Waals surface area (Å²) >= 11 is 0. The molecule has 2 aromatic heterocycles. The van der Waals surface area contributed by atoms with Gasteiger partial charge in [0.25, 0.3) is 5.92 Å². The number of hydrogen-bond donors (Lipinski definition) is 0. The number of fused-ring (bicyclic) bond motifs is 1. The Kier molecular flexibility index (Phi) is 3.19. The minimum absolute atomic E-state index is 0.305. The summed E-state index contributed by atoms with van der Waals surface area (Å²) in [6, 6.07) is 6.74. The third-order valence-electron chi connectivity index (χ3n) is 4.95. The summed E-state index contributed by atoms with van der Waals surface area (Å²) in [7, 11) is 0. The van der Waals surface area contributed by atoms with Crippen LogP contribution in [0.5, 0.6) is 0 Å². The fraction of sp³-hybridized carbons (Fsp3) is 0.333. The van der Waals surface area contributed by atoms with Crippen molar-refractivity contribution in [3.63, 3.8) is 0 Å². The molecule has 8 heteroatoms. The van der Waals surface area contributed by atoms with E-state index < -0.39 is 5.92 Å². The van der Waals surface area contributed by atoms with Crippen LogP contribution in [0.3, 0.4) is 0 Å². The number of nitrogens with zero attached hydrogens (tertiary/aromatic N) is 5. The Balaban J connectivity index is 1.50. The van der Waals surface area contributed by atoms with Gasteiger partial charge in [-0.25, -0.2) is 22.8 Å². The Hall–Kier alpha value is -2.77. The number of alkyl halides is 2. The van der Waals surface area contributed by atoms with Gasteiger partial charge in [0.2, 0.25) is 0 Å². The van der Waals surface area contributed by atoms with Crippen molar-refractivity contribution in [1.29, 1.82) is 0 Å². The highest BCUT2D eigenvalue weighted by atomic mass is 19.3. The fourth-order valence-electron chi connectivity index (χ4n) is 3.34. The van der Waals surface area contributed by atoms with Crippen LogP contribution in [0.4, 0.5) is 24.5 Å². The Bertz CT molecular complexity index is 988. The highest BCUT2D eigenvalue weighted by molar-refractivity contribution is 5.79. The normalized spacial score (nSPS) is 18.7. The molecule has 4 heterocycles. The van der Waals surface area contributed by atoms with Gasteiger partial charge in [-0.1, -0.05) is 0 Å². The van der Waals surface area contributed by atoms with Crippen molar-refractivity contribution >= 4 is 22.4 Å². The van der Waals surface area contributed by atoms with Crippen LogP contribution in [0.2, 0.25) is 0 Å². The highest BCUT2D eigenvalue weighted by Gasteiger charge is 2.44. The summed E-state index contributed by atoms with van der Waals surface area (Å²) < 4.78 is 41.9. The predicted molar refractivity (Wildman–Crippen MR) is 92.8 cm³/mol. The predicted octanol–water partition coefficient (Wildman–Crippen LogP) is 3.23. The first-order chi connectivity index (χ1) is 12.5. The number of halogens is 3. The van der Waals surface area contributed by atoms with Crippen molar-refractivity contribution in [1.82, 2.24) is 14.8 Å². The summed E-state index contributed by atoms with van der Waals surface area (Å²) in [4.78, 5) is 7.98. The van der Waals surface area contributed by atoms with Gasteiger partial charge in [0.05, 0.1) is 25.0 Å². The van der Waals surface area contributed by atoms with Crippen LogP contribution in [0.1, 0.15) is 6.42 Å².